The number of halogens is 3. The van der Waals surface area contributed by atoms with Gasteiger partial charge in [0.25, 0.3) is 11.8 Å². The lowest BCUT2D eigenvalue weighted by Crippen LogP contribution is -2.35. The third kappa shape index (κ3) is 5.62. The van der Waals surface area contributed by atoms with E-state index in [1.807, 2.05) is 6.92 Å². The normalized spacial score (nSPS) is 13.9. The Balaban J connectivity index is 1.80. The number of benzene rings is 2. The van der Waals surface area contributed by atoms with Crippen molar-refractivity contribution >= 4 is 34.8 Å². The number of unbranched alkanes of at least 4 members (excludes halogenated alkanes) is 1. The van der Waals surface area contributed by atoms with Crippen LogP contribution in [0.4, 0.5) is 20.2 Å². The molecule has 2 heterocycles. The van der Waals surface area contributed by atoms with Crippen LogP contribution in [0.1, 0.15) is 51.0 Å². The number of aromatic nitrogens is 2. The van der Waals surface area contributed by atoms with Gasteiger partial charge < -0.3 is 20.9 Å². The first-order valence-corrected chi connectivity index (χ1v) is 12.6. The van der Waals surface area contributed by atoms with Gasteiger partial charge >= 0.3 is 0 Å². The van der Waals surface area contributed by atoms with Crippen LogP contribution in [0.25, 0.3) is 0 Å². The molecule has 10 heteroatoms. The van der Waals surface area contributed by atoms with Crippen molar-refractivity contribution in [2.24, 2.45) is 0 Å². The summed E-state index contributed by atoms with van der Waals surface area (Å²) < 4.78 is 28.7. The molecule has 198 valence electrons. The van der Waals surface area contributed by atoms with Crippen molar-refractivity contribution in [3.8, 4) is 0 Å². The predicted octanol–water partition coefficient (Wildman–Crippen LogP) is 6.20. The molecule has 0 unspecified atom stereocenters. The first-order valence-electron chi connectivity index (χ1n) is 12.3. The zero-order valence-electron chi connectivity index (χ0n) is 21.2. The lowest BCUT2D eigenvalue weighted by Gasteiger charge is -2.30. The predicted molar refractivity (Wildman–Crippen MR) is 144 cm³/mol. The number of hydrogen-bond donors (Lipinski definition) is 4. The fraction of sp³-hybridized carbons (Fsp3) is 0.250. The summed E-state index contributed by atoms with van der Waals surface area (Å²) in [5.74, 6) is -2.85. The topological polar surface area (TPSA) is 98.9 Å². The van der Waals surface area contributed by atoms with E-state index in [4.69, 9.17) is 11.6 Å². The van der Waals surface area contributed by atoms with Crippen LogP contribution in [0.2, 0.25) is 5.15 Å². The van der Waals surface area contributed by atoms with Crippen LogP contribution in [0, 0.1) is 11.6 Å². The average Bonchev–Trinajstić information content (AvgIpc) is 3.24. The maximum absolute atomic E-state index is 14.4. The number of aromatic amines is 1. The number of dihydropyridines is 1. The van der Waals surface area contributed by atoms with Crippen LogP contribution in [0.3, 0.4) is 0 Å². The molecule has 1 aliphatic heterocycles. The van der Waals surface area contributed by atoms with Crippen LogP contribution in [0.15, 0.2) is 71.1 Å². The van der Waals surface area contributed by atoms with E-state index in [1.54, 1.807) is 26.0 Å². The van der Waals surface area contributed by atoms with Crippen LogP contribution in [0.5, 0.6) is 0 Å². The smallest absolute Gasteiger partial charge is 0.254 e. The number of amides is 2. The molecular weight excluding hydrogens is 512 g/mol. The van der Waals surface area contributed by atoms with E-state index in [0.717, 1.165) is 12.8 Å². The second-order valence-electron chi connectivity index (χ2n) is 8.99. The molecule has 4 rings (SSSR count). The number of imidazole rings is 1. The minimum absolute atomic E-state index is 0.0143. The van der Waals surface area contributed by atoms with E-state index >= 15 is 0 Å². The number of aryl methyl sites for hydroxylation is 1. The highest BCUT2D eigenvalue weighted by atomic mass is 35.5. The number of allylic oxidation sites excluding steroid dienone is 2. The van der Waals surface area contributed by atoms with Gasteiger partial charge in [-0.25, -0.2) is 13.8 Å². The molecule has 0 bridgehead atoms. The molecule has 3 aromatic rings. The Hall–Kier alpha value is -3.98. The monoisotopic (exact) mass is 539 g/mol. The lowest BCUT2D eigenvalue weighted by atomic mass is 9.82. The molecule has 1 aliphatic rings. The van der Waals surface area contributed by atoms with Crippen molar-refractivity contribution in [3.63, 3.8) is 0 Å². The van der Waals surface area contributed by atoms with Crippen molar-refractivity contribution in [3.05, 3.63) is 99.4 Å². The number of nitrogens with zero attached hydrogens (tertiary/aromatic N) is 1. The Kier molecular flexibility index (Phi) is 8.26. The van der Waals surface area contributed by atoms with Crippen LogP contribution < -0.4 is 16.0 Å². The quantitative estimate of drug-likeness (QED) is 0.274. The minimum atomic E-state index is -0.995. The van der Waals surface area contributed by atoms with Gasteiger partial charge in [0.1, 0.15) is 17.5 Å². The number of anilines is 2. The van der Waals surface area contributed by atoms with Crippen molar-refractivity contribution in [1.29, 1.82) is 0 Å². The second kappa shape index (κ2) is 11.6. The summed E-state index contributed by atoms with van der Waals surface area (Å²) in [6.07, 6.45) is 2.42. The zero-order chi connectivity index (χ0) is 27.4. The summed E-state index contributed by atoms with van der Waals surface area (Å²) in [7, 11) is 0. The summed E-state index contributed by atoms with van der Waals surface area (Å²) in [6, 6.07) is 11.6. The van der Waals surface area contributed by atoms with Gasteiger partial charge in [0.05, 0.1) is 23.0 Å². The Bertz CT molecular complexity index is 1370. The maximum atomic E-state index is 14.4. The van der Waals surface area contributed by atoms with E-state index in [2.05, 4.69) is 25.9 Å². The highest BCUT2D eigenvalue weighted by Crippen LogP contribution is 2.41. The lowest BCUT2D eigenvalue weighted by molar-refractivity contribution is -0.113. The molecule has 0 saturated carbocycles. The Labute approximate surface area is 224 Å². The molecule has 2 aromatic carbocycles. The van der Waals surface area contributed by atoms with Crippen LogP contribution in [-0.4, -0.2) is 21.8 Å². The van der Waals surface area contributed by atoms with Gasteiger partial charge in [-0.15, -0.1) is 0 Å². The largest absolute Gasteiger partial charge is 0.362 e. The Morgan fingerprint density at radius 2 is 1.42 bits per heavy atom. The maximum Gasteiger partial charge on any atom is 0.254 e. The molecule has 38 heavy (non-hydrogen) atoms. The second-order valence-corrected chi connectivity index (χ2v) is 9.35. The fourth-order valence-electron chi connectivity index (χ4n) is 4.46. The number of H-pyrrole nitrogens is 1. The standard InChI is InChI=1S/C28H28ClF2N5O2/c1-4-5-14-21-35-25(26(29)36-21)24-22(27(37)33-19-12-8-6-10-17(19)30)15(2)32-16(3)23(24)28(38)34-20-13-9-7-11-18(20)31/h6-13,24,32H,4-5,14H2,1-3H3,(H,33,37)(H,34,38)(H,35,36). The first kappa shape index (κ1) is 27.1. The van der Waals surface area contributed by atoms with E-state index < -0.39 is 29.4 Å². The summed E-state index contributed by atoms with van der Waals surface area (Å²) in [5.41, 5.74) is 1.50. The molecule has 0 atom stereocenters. The Morgan fingerprint density at radius 3 is 1.89 bits per heavy atom. The summed E-state index contributed by atoms with van der Waals surface area (Å²) >= 11 is 6.57. The molecule has 0 fully saturated rings. The van der Waals surface area contributed by atoms with Gasteiger partial charge in [-0.05, 0) is 44.5 Å². The third-order valence-electron chi connectivity index (χ3n) is 6.28. The number of rotatable bonds is 8. The summed E-state index contributed by atoms with van der Waals surface area (Å²) in [6.45, 7) is 5.41. The molecule has 7 nitrogen and oxygen atoms in total. The van der Waals surface area contributed by atoms with Crippen molar-refractivity contribution in [2.45, 2.75) is 46.0 Å². The molecular formula is C28H28ClF2N5O2. The number of nitrogens with one attached hydrogen (secondary N) is 4. The van der Waals surface area contributed by atoms with Gasteiger partial charge in [0, 0.05) is 29.0 Å². The van der Waals surface area contributed by atoms with Gasteiger partial charge in [-0.3, -0.25) is 9.59 Å². The molecule has 4 N–H and O–H groups in total. The first-order chi connectivity index (χ1) is 18.2. The number of carbonyl (C=O) groups excluding carboxylic acids is 2. The zero-order valence-corrected chi connectivity index (χ0v) is 22.0. The highest BCUT2D eigenvalue weighted by molar-refractivity contribution is 6.30. The van der Waals surface area contributed by atoms with Gasteiger partial charge in [-0.2, -0.15) is 0 Å². The molecule has 2 amide bonds. The fourth-order valence-corrected chi connectivity index (χ4v) is 4.72. The van der Waals surface area contributed by atoms with Crippen molar-refractivity contribution < 1.29 is 18.4 Å². The van der Waals surface area contributed by atoms with Gasteiger partial charge in [0.15, 0.2) is 5.15 Å². The highest BCUT2D eigenvalue weighted by Gasteiger charge is 2.39. The molecule has 0 aliphatic carbocycles. The van der Waals surface area contributed by atoms with E-state index in [1.165, 1.54) is 36.4 Å². The van der Waals surface area contributed by atoms with E-state index in [9.17, 15) is 18.4 Å². The van der Waals surface area contributed by atoms with E-state index in [0.29, 0.717) is 29.3 Å². The van der Waals surface area contributed by atoms with E-state index in [-0.39, 0.29) is 27.7 Å². The molecule has 0 saturated heterocycles. The van der Waals surface area contributed by atoms with Crippen LogP contribution >= 0.6 is 11.6 Å². The molecule has 1 aromatic heterocycles. The Morgan fingerprint density at radius 1 is 0.921 bits per heavy atom. The average molecular weight is 540 g/mol. The van der Waals surface area contributed by atoms with Crippen molar-refractivity contribution in [2.75, 3.05) is 10.6 Å². The SMILES string of the molecule is CCCCc1nc(Cl)c(C2C(C(=O)Nc3ccccc3F)=C(C)NC(C)=C2C(=O)Nc2ccccc2F)[nH]1. The third-order valence-corrected chi connectivity index (χ3v) is 6.57. The minimum Gasteiger partial charge on any atom is -0.362 e. The van der Waals surface area contributed by atoms with Gasteiger partial charge in [0.2, 0.25) is 0 Å². The molecule has 0 radical (unpaired) electrons. The number of para-hydroxylation sites is 2. The summed E-state index contributed by atoms with van der Waals surface area (Å²) in [4.78, 5) is 34.9. The number of hydrogen-bond acceptors (Lipinski definition) is 4. The summed E-state index contributed by atoms with van der Waals surface area (Å²) in [5, 5.41) is 8.38. The van der Waals surface area contributed by atoms with Crippen LogP contribution in [-0.2, 0) is 16.0 Å². The van der Waals surface area contributed by atoms with Crippen molar-refractivity contribution in [1.82, 2.24) is 15.3 Å². The van der Waals surface area contributed by atoms with Gasteiger partial charge in [-0.1, -0.05) is 49.2 Å². The number of carbonyl (C=O) groups is 2. The molecule has 0 spiro atoms.